The zero-order chi connectivity index (χ0) is 23.7. The molecule has 174 valence electrons. The maximum Gasteiger partial charge on any atom is 0.420 e. The maximum atomic E-state index is 14.0. The van der Waals surface area contributed by atoms with Gasteiger partial charge in [-0.05, 0) is 18.2 Å². The zero-order valence-corrected chi connectivity index (χ0v) is 17.3. The molecule has 7 nitrogen and oxygen atoms in total. The lowest BCUT2D eigenvalue weighted by Gasteiger charge is -2.32. The molecular formula is C19H17F5N2O5S. The topological polar surface area (TPSA) is 89.0 Å². The van der Waals surface area contributed by atoms with Crippen LogP contribution in [0.25, 0.3) is 10.7 Å². The van der Waals surface area contributed by atoms with E-state index in [1.165, 1.54) is 13.2 Å². The van der Waals surface area contributed by atoms with Gasteiger partial charge in [0, 0.05) is 18.9 Å². The SMILES string of the molecule is COCCOc1cccc(C2=C(O)c3ncccc3N(CC(F)F)S2(=O)=O)c1C(F)(F)F. The lowest BCUT2D eigenvalue weighted by molar-refractivity contribution is -0.139. The summed E-state index contributed by atoms with van der Waals surface area (Å²) in [5, 5.41) is 10.7. The highest BCUT2D eigenvalue weighted by Gasteiger charge is 2.45. The van der Waals surface area contributed by atoms with Gasteiger partial charge >= 0.3 is 6.18 Å². The molecule has 13 heteroatoms. The summed E-state index contributed by atoms with van der Waals surface area (Å²) in [4.78, 5) is 2.59. The van der Waals surface area contributed by atoms with Gasteiger partial charge in [-0.3, -0.25) is 9.29 Å². The number of alkyl halides is 5. The number of fused-ring (bicyclic) bond motifs is 1. The molecule has 0 radical (unpaired) electrons. The summed E-state index contributed by atoms with van der Waals surface area (Å²) in [5.41, 5.74) is -3.27. The monoisotopic (exact) mass is 480 g/mol. The van der Waals surface area contributed by atoms with Crippen molar-refractivity contribution in [1.29, 1.82) is 0 Å². The van der Waals surface area contributed by atoms with E-state index in [4.69, 9.17) is 9.47 Å². The summed E-state index contributed by atoms with van der Waals surface area (Å²) in [6.45, 7) is -1.67. The number of hydrogen-bond donors (Lipinski definition) is 1. The number of aliphatic hydroxyl groups is 1. The van der Waals surface area contributed by atoms with Gasteiger partial charge in [0.25, 0.3) is 16.4 Å². The van der Waals surface area contributed by atoms with Gasteiger partial charge in [-0.15, -0.1) is 0 Å². The standard InChI is InChI=1S/C19H17F5N2O5S/c1-30-8-9-31-13-6-2-4-11(15(13)19(22,23)24)18-17(27)16-12(5-3-7-25-16)26(10-14(20)21)32(18,28)29/h2-7,14,27H,8-10H2,1H3. The number of methoxy groups -OCH3 is 1. The summed E-state index contributed by atoms with van der Waals surface area (Å²) >= 11 is 0. The number of aromatic nitrogens is 1. The normalized spacial score (nSPS) is 15.8. The average Bonchev–Trinajstić information content (AvgIpc) is 2.70. The second kappa shape index (κ2) is 8.90. The molecule has 0 atom stereocenters. The van der Waals surface area contributed by atoms with Crippen LogP contribution < -0.4 is 9.04 Å². The van der Waals surface area contributed by atoms with Crippen molar-refractivity contribution >= 4 is 26.4 Å². The molecule has 3 rings (SSSR count). The van der Waals surface area contributed by atoms with Crippen molar-refractivity contribution in [1.82, 2.24) is 4.98 Å². The van der Waals surface area contributed by atoms with E-state index in [2.05, 4.69) is 4.98 Å². The number of nitrogens with zero attached hydrogens (tertiary/aromatic N) is 2. The molecule has 1 aromatic heterocycles. The number of sulfonamides is 1. The summed E-state index contributed by atoms with van der Waals surface area (Å²) in [6.07, 6.45) is -7.12. The summed E-state index contributed by atoms with van der Waals surface area (Å²) in [7, 11) is -3.73. The number of benzene rings is 1. The number of anilines is 1. The minimum atomic E-state index is -5.11. The molecule has 0 unspecified atom stereocenters. The van der Waals surface area contributed by atoms with Gasteiger partial charge < -0.3 is 14.6 Å². The quantitative estimate of drug-likeness (QED) is 0.477. The van der Waals surface area contributed by atoms with Crippen molar-refractivity contribution in [2.75, 3.05) is 31.2 Å². The molecule has 0 fully saturated rings. The highest BCUT2D eigenvalue weighted by atomic mass is 32.2. The first-order valence-corrected chi connectivity index (χ1v) is 10.5. The van der Waals surface area contributed by atoms with Crippen molar-refractivity contribution in [2.45, 2.75) is 12.6 Å². The van der Waals surface area contributed by atoms with Gasteiger partial charge in [0.15, 0.2) is 5.76 Å². The van der Waals surface area contributed by atoms with E-state index in [-0.39, 0.29) is 23.2 Å². The fourth-order valence-corrected chi connectivity index (χ4v) is 4.93. The van der Waals surface area contributed by atoms with Crippen LogP contribution in [0.2, 0.25) is 0 Å². The Morgan fingerprint density at radius 2 is 1.88 bits per heavy atom. The Bertz CT molecular complexity index is 1140. The lowest BCUT2D eigenvalue weighted by atomic mass is 10.0. The van der Waals surface area contributed by atoms with Crippen LogP contribution in [0, 0.1) is 0 Å². The van der Waals surface area contributed by atoms with Crippen LogP contribution in [0.1, 0.15) is 16.8 Å². The van der Waals surface area contributed by atoms with Crippen LogP contribution in [0.3, 0.4) is 0 Å². The van der Waals surface area contributed by atoms with Crippen molar-refractivity contribution < 1.29 is 45.0 Å². The first kappa shape index (κ1) is 23.7. The fourth-order valence-electron chi connectivity index (χ4n) is 3.21. The van der Waals surface area contributed by atoms with Gasteiger partial charge in [0.1, 0.15) is 28.5 Å². The third-order valence-corrected chi connectivity index (χ3v) is 6.30. The predicted octanol–water partition coefficient (Wildman–Crippen LogP) is 3.92. The fraction of sp³-hybridized carbons (Fsp3) is 0.316. The Labute approximate surface area is 179 Å². The molecule has 0 bridgehead atoms. The number of hydrogen-bond acceptors (Lipinski definition) is 6. The number of halogens is 5. The van der Waals surface area contributed by atoms with Crippen LogP contribution in [-0.4, -0.2) is 51.8 Å². The minimum absolute atomic E-state index is 0.0484. The Balaban J connectivity index is 2.32. The molecule has 1 N–H and O–H groups in total. The highest BCUT2D eigenvalue weighted by molar-refractivity contribution is 8.02. The molecule has 0 amide bonds. The van der Waals surface area contributed by atoms with Crippen LogP contribution in [0.4, 0.5) is 27.6 Å². The molecule has 32 heavy (non-hydrogen) atoms. The molecular weight excluding hydrogens is 463 g/mol. The second-order valence-electron chi connectivity index (χ2n) is 6.49. The van der Waals surface area contributed by atoms with E-state index in [1.54, 1.807) is 0 Å². The Hall–Kier alpha value is -2.93. The zero-order valence-electron chi connectivity index (χ0n) is 16.4. The predicted molar refractivity (Wildman–Crippen MR) is 105 cm³/mol. The van der Waals surface area contributed by atoms with Gasteiger partial charge in [0.05, 0.1) is 18.8 Å². The van der Waals surface area contributed by atoms with Crippen molar-refractivity contribution in [3.8, 4) is 5.75 Å². The summed E-state index contributed by atoms with van der Waals surface area (Å²) in [5.74, 6) is -1.81. The largest absolute Gasteiger partial charge is 0.504 e. The van der Waals surface area contributed by atoms with E-state index >= 15 is 0 Å². The molecule has 0 saturated heterocycles. The molecule has 2 aromatic rings. The number of pyridine rings is 1. The number of ether oxygens (including phenoxy) is 2. The first-order valence-electron chi connectivity index (χ1n) is 9.02. The summed E-state index contributed by atoms with van der Waals surface area (Å²) in [6, 6.07) is 5.23. The number of rotatable bonds is 7. The molecule has 1 aromatic carbocycles. The second-order valence-corrected chi connectivity index (χ2v) is 8.29. The van der Waals surface area contributed by atoms with Gasteiger partial charge in [0.2, 0.25) is 0 Å². The number of aliphatic hydroxyl groups excluding tert-OH is 1. The average molecular weight is 480 g/mol. The molecule has 0 saturated carbocycles. The van der Waals surface area contributed by atoms with E-state index < -0.39 is 62.4 Å². The van der Waals surface area contributed by atoms with Gasteiger partial charge in [-0.1, -0.05) is 12.1 Å². The van der Waals surface area contributed by atoms with Crippen LogP contribution >= 0.6 is 0 Å². The highest BCUT2D eigenvalue weighted by Crippen LogP contribution is 2.47. The molecule has 0 aliphatic carbocycles. The van der Waals surface area contributed by atoms with E-state index in [0.717, 1.165) is 30.5 Å². The Morgan fingerprint density at radius 1 is 1.16 bits per heavy atom. The third kappa shape index (κ3) is 4.35. The van der Waals surface area contributed by atoms with Crippen molar-refractivity contribution in [3.63, 3.8) is 0 Å². The van der Waals surface area contributed by atoms with Crippen molar-refractivity contribution in [2.24, 2.45) is 0 Å². The van der Waals surface area contributed by atoms with Gasteiger partial charge in [-0.25, -0.2) is 17.2 Å². The third-order valence-electron chi connectivity index (χ3n) is 4.45. The van der Waals surface area contributed by atoms with Crippen LogP contribution in [-0.2, 0) is 20.9 Å². The first-order chi connectivity index (χ1) is 15.0. The lowest BCUT2D eigenvalue weighted by Crippen LogP contribution is -2.39. The van der Waals surface area contributed by atoms with E-state index in [0.29, 0.717) is 0 Å². The maximum absolute atomic E-state index is 14.0. The summed E-state index contributed by atoms with van der Waals surface area (Å²) < 4.78 is 105. The Kier molecular flexibility index (Phi) is 6.60. The van der Waals surface area contributed by atoms with Crippen LogP contribution in [0.15, 0.2) is 36.5 Å². The molecule has 2 heterocycles. The minimum Gasteiger partial charge on any atom is -0.504 e. The van der Waals surface area contributed by atoms with E-state index in [1.807, 2.05) is 0 Å². The molecule has 0 spiro atoms. The van der Waals surface area contributed by atoms with Crippen molar-refractivity contribution in [3.05, 3.63) is 53.3 Å². The van der Waals surface area contributed by atoms with E-state index in [9.17, 15) is 35.5 Å². The molecule has 1 aliphatic rings. The van der Waals surface area contributed by atoms with Crippen LogP contribution in [0.5, 0.6) is 5.75 Å². The Morgan fingerprint density at radius 3 is 2.50 bits per heavy atom. The smallest absolute Gasteiger partial charge is 0.420 e. The van der Waals surface area contributed by atoms with Gasteiger partial charge in [-0.2, -0.15) is 13.2 Å². The molecule has 1 aliphatic heterocycles.